The molecule has 1 fully saturated rings. The summed E-state index contributed by atoms with van der Waals surface area (Å²) >= 11 is 1.54. The minimum atomic E-state index is -3.62. The topological polar surface area (TPSA) is 106 Å². The Bertz CT molecular complexity index is 1440. The molecule has 1 saturated carbocycles. The van der Waals surface area contributed by atoms with Crippen molar-refractivity contribution in [2.24, 2.45) is 0 Å². The van der Waals surface area contributed by atoms with Gasteiger partial charge in [-0.2, -0.15) is 5.10 Å². The van der Waals surface area contributed by atoms with Gasteiger partial charge in [0, 0.05) is 17.8 Å². The molecular formula is C23H23N5O3S2. The van der Waals surface area contributed by atoms with Gasteiger partial charge >= 0.3 is 0 Å². The molecule has 0 atom stereocenters. The SMILES string of the molecule is CC(C)n1ncc2c(C(=O)Nc3cccc(S(=O)(=O)NC4CC4)c3)cc(-c3cccs3)nc21. The molecule has 0 spiro atoms. The van der Waals surface area contributed by atoms with Crippen molar-refractivity contribution in [3.05, 3.63) is 59.6 Å². The van der Waals surface area contributed by atoms with Crippen LogP contribution in [0.15, 0.2) is 58.9 Å². The largest absolute Gasteiger partial charge is 0.322 e. The Kier molecular flexibility index (Phi) is 5.51. The molecule has 5 rings (SSSR count). The van der Waals surface area contributed by atoms with Gasteiger partial charge in [-0.1, -0.05) is 12.1 Å². The summed E-state index contributed by atoms with van der Waals surface area (Å²) in [6.45, 7) is 4.01. The molecule has 170 valence electrons. The molecule has 1 aromatic carbocycles. The van der Waals surface area contributed by atoms with Crippen LogP contribution in [0.4, 0.5) is 5.69 Å². The van der Waals surface area contributed by atoms with Gasteiger partial charge in [0.25, 0.3) is 5.91 Å². The van der Waals surface area contributed by atoms with Crippen LogP contribution in [0, 0.1) is 0 Å². The Morgan fingerprint density at radius 3 is 2.70 bits per heavy atom. The van der Waals surface area contributed by atoms with Crippen LogP contribution in [-0.2, 0) is 10.0 Å². The van der Waals surface area contributed by atoms with E-state index in [1.807, 2.05) is 31.4 Å². The molecule has 0 radical (unpaired) electrons. The third-order valence-electron chi connectivity index (χ3n) is 5.38. The van der Waals surface area contributed by atoms with E-state index in [9.17, 15) is 13.2 Å². The molecule has 1 aliphatic rings. The average Bonchev–Trinajstić information content (AvgIpc) is 3.26. The maximum absolute atomic E-state index is 13.3. The van der Waals surface area contributed by atoms with E-state index in [1.54, 1.807) is 40.4 Å². The van der Waals surface area contributed by atoms with Crippen molar-refractivity contribution in [3.8, 4) is 10.6 Å². The Morgan fingerprint density at radius 1 is 1.18 bits per heavy atom. The van der Waals surface area contributed by atoms with E-state index in [1.165, 1.54) is 12.1 Å². The van der Waals surface area contributed by atoms with Gasteiger partial charge in [0.2, 0.25) is 10.0 Å². The lowest BCUT2D eigenvalue weighted by Gasteiger charge is -2.11. The zero-order valence-electron chi connectivity index (χ0n) is 18.1. The first-order chi connectivity index (χ1) is 15.8. The molecule has 3 heterocycles. The molecule has 0 aliphatic heterocycles. The smallest absolute Gasteiger partial charge is 0.256 e. The standard InChI is InChI=1S/C23H23N5O3S2/c1-14(2)28-22-19(13-24-28)18(12-20(26-22)21-7-4-10-32-21)23(29)25-16-5-3-6-17(11-16)33(30,31)27-15-8-9-15/h3-7,10-15,27H,8-9H2,1-2H3,(H,25,29). The number of nitrogens with one attached hydrogen (secondary N) is 2. The number of benzene rings is 1. The predicted octanol–water partition coefficient (Wildman–Crippen LogP) is 4.43. The van der Waals surface area contributed by atoms with Crippen LogP contribution in [-0.4, -0.2) is 35.1 Å². The lowest BCUT2D eigenvalue weighted by atomic mass is 10.1. The minimum absolute atomic E-state index is 0.00603. The number of nitrogens with zero attached hydrogens (tertiary/aromatic N) is 3. The van der Waals surface area contributed by atoms with Gasteiger partial charge in [0.05, 0.1) is 32.6 Å². The molecule has 0 saturated heterocycles. The summed E-state index contributed by atoms with van der Waals surface area (Å²) in [4.78, 5) is 19.2. The molecule has 10 heteroatoms. The minimum Gasteiger partial charge on any atom is -0.322 e. The van der Waals surface area contributed by atoms with Crippen LogP contribution in [0.1, 0.15) is 43.1 Å². The fraction of sp³-hybridized carbons (Fsp3) is 0.261. The Morgan fingerprint density at radius 2 is 2.00 bits per heavy atom. The summed E-state index contributed by atoms with van der Waals surface area (Å²) in [5.41, 5.74) is 2.15. The Hall–Kier alpha value is -3.08. The van der Waals surface area contributed by atoms with Crippen molar-refractivity contribution in [1.82, 2.24) is 19.5 Å². The van der Waals surface area contributed by atoms with E-state index in [-0.39, 0.29) is 22.9 Å². The van der Waals surface area contributed by atoms with Crippen LogP contribution < -0.4 is 10.0 Å². The molecule has 8 nitrogen and oxygen atoms in total. The number of hydrogen-bond acceptors (Lipinski definition) is 6. The van der Waals surface area contributed by atoms with E-state index >= 15 is 0 Å². The number of sulfonamides is 1. The second kappa shape index (κ2) is 8.36. The van der Waals surface area contributed by atoms with Gasteiger partial charge in [-0.25, -0.2) is 22.8 Å². The number of anilines is 1. The fourth-order valence-corrected chi connectivity index (χ4v) is 5.60. The first kappa shape index (κ1) is 21.7. The van der Waals surface area contributed by atoms with Crippen LogP contribution in [0.25, 0.3) is 21.6 Å². The van der Waals surface area contributed by atoms with E-state index in [0.717, 1.165) is 17.7 Å². The molecule has 1 amide bonds. The summed E-state index contributed by atoms with van der Waals surface area (Å²) in [6.07, 6.45) is 3.35. The highest BCUT2D eigenvalue weighted by Gasteiger charge is 2.28. The van der Waals surface area contributed by atoms with Crippen molar-refractivity contribution in [1.29, 1.82) is 0 Å². The van der Waals surface area contributed by atoms with E-state index < -0.39 is 10.0 Å². The molecular weight excluding hydrogens is 458 g/mol. The average molecular weight is 482 g/mol. The van der Waals surface area contributed by atoms with E-state index in [0.29, 0.717) is 28.0 Å². The number of carbonyl (C=O) groups is 1. The Balaban J connectivity index is 1.52. The van der Waals surface area contributed by atoms with Gasteiger partial charge in [0.15, 0.2) is 5.65 Å². The normalized spacial score (nSPS) is 14.2. The quantitative estimate of drug-likeness (QED) is 0.406. The van der Waals surface area contributed by atoms with Crippen LogP contribution >= 0.6 is 11.3 Å². The second-order valence-electron chi connectivity index (χ2n) is 8.33. The summed E-state index contributed by atoms with van der Waals surface area (Å²) in [6, 6.07) is 12.0. The maximum atomic E-state index is 13.3. The first-order valence-corrected chi connectivity index (χ1v) is 13.0. The number of aromatic nitrogens is 3. The van der Waals surface area contributed by atoms with Gasteiger partial charge in [-0.05, 0) is 62.4 Å². The summed E-state index contributed by atoms with van der Waals surface area (Å²) in [5, 5.41) is 9.89. The number of hydrogen-bond donors (Lipinski definition) is 2. The fourth-order valence-electron chi connectivity index (χ4n) is 3.56. The third-order valence-corrected chi connectivity index (χ3v) is 7.79. The van der Waals surface area contributed by atoms with Crippen LogP contribution in [0.5, 0.6) is 0 Å². The highest BCUT2D eigenvalue weighted by atomic mass is 32.2. The van der Waals surface area contributed by atoms with Crippen molar-refractivity contribution < 1.29 is 13.2 Å². The predicted molar refractivity (Wildman–Crippen MR) is 129 cm³/mol. The molecule has 0 unspecified atom stereocenters. The number of amides is 1. The second-order valence-corrected chi connectivity index (χ2v) is 11.0. The van der Waals surface area contributed by atoms with Crippen molar-refractivity contribution >= 4 is 44.0 Å². The third kappa shape index (κ3) is 4.41. The summed E-state index contributed by atoms with van der Waals surface area (Å²) in [7, 11) is -3.62. The zero-order valence-corrected chi connectivity index (χ0v) is 19.8. The number of pyridine rings is 1. The van der Waals surface area contributed by atoms with Crippen LogP contribution in [0.3, 0.4) is 0 Å². The molecule has 3 aromatic heterocycles. The lowest BCUT2D eigenvalue weighted by molar-refractivity contribution is 0.102. The molecule has 4 aromatic rings. The van der Waals surface area contributed by atoms with E-state index in [4.69, 9.17) is 4.98 Å². The number of carbonyl (C=O) groups excluding carboxylic acids is 1. The number of thiophene rings is 1. The van der Waals surface area contributed by atoms with Crippen LogP contribution in [0.2, 0.25) is 0 Å². The zero-order chi connectivity index (χ0) is 23.2. The first-order valence-electron chi connectivity index (χ1n) is 10.7. The highest BCUT2D eigenvalue weighted by Crippen LogP contribution is 2.30. The summed E-state index contributed by atoms with van der Waals surface area (Å²) in [5.74, 6) is -0.354. The molecule has 1 aliphatic carbocycles. The monoisotopic (exact) mass is 481 g/mol. The van der Waals surface area contributed by atoms with E-state index in [2.05, 4.69) is 15.1 Å². The Labute approximate surface area is 195 Å². The highest BCUT2D eigenvalue weighted by molar-refractivity contribution is 7.89. The van der Waals surface area contributed by atoms with Crippen molar-refractivity contribution in [3.63, 3.8) is 0 Å². The molecule has 33 heavy (non-hydrogen) atoms. The van der Waals surface area contributed by atoms with Gasteiger partial charge < -0.3 is 5.32 Å². The van der Waals surface area contributed by atoms with Crippen molar-refractivity contribution in [2.45, 2.75) is 43.7 Å². The summed E-state index contributed by atoms with van der Waals surface area (Å²) < 4.78 is 29.6. The molecule has 2 N–H and O–H groups in total. The number of rotatable bonds is 7. The van der Waals surface area contributed by atoms with Gasteiger partial charge in [-0.15, -0.1) is 11.3 Å². The van der Waals surface area contributed by atoms with Gasteiger partial charge in [0.1, 0.15) is 0 Å². The lowest BCUT2D eigenvalue weighted by Crippen LogP contribution is -2.25. The molecule has 0 bridgehead atoms. The maximum Gasteiger partial charge on any atom is 0.256 e. The number of fused-ring (bicyclic) bond motifs is 1. The van der Waals surface area contributed by atoms with Gasteiger partial charge in [-0.3, -0.25) is 4.79 Å². The van der Waals surface area contributed by atoms with Crippen molar-refractivity contribution in [2.75, 3.05) is 5.32 Å².